The van der Waals surface area contributed by atoms with E-state index in [0.29, 0.717) is 6.61 Å². The maximum atomic E-state index is 10.2. The Balaban J connectivity index is 0. The van der Waals surface area contributed by atoms with Crippen molar-refractivity contribution in [2.75, 3.05) is 6.61 Å². The average Bonchev–Trinajstić information content (AvgIpc) is 1.83. The monoisotopic (exact) mass is 194 g/mol. The molecule has 0 unspecified atom stereocenters. The van der Waals surface area contributed by atoms with Crippen LogP contribution in [0.15, 0.2) is 12.7 Å². The fourth-order valence-corrected chi connectivity index (χ4v) is 0.262. The van der Waals surface area contributed by atoms with E-state index >= 15 is 0 Å². The summed E-state index contributed by atoms with van der Waals surface area (Å²) < 4.78 is 4.58. The van der Waals surface area contributed by atoms with Gasteiger partial charge < -0.3 is 4.74 Å². The minimum absolute atomic E-state index is 0. The molecule has 0 saturated carbocycles. The highest BCUT2D eigenvalue weighted by Gasteiger charge is 1.89. The summed E-state index contributed by atoms with van der Waals surface area (Å²) >= 11 is 0. The van der Waals surface area contributed by atoms with Crippen molar-refractivity contribution in [2.24, 2.45) is 0 Å². The molecule has 0 heterocycles. The van der Waals surface area contributed by atoms with Crippen LogP contribution >= 0.6 is 17.0 Å². The molecular weight excluding hydrogens is 184 g/mol. The Hall–Kier alpha value is -0.310. The summed E-state index contributed by atoms with van der Waals surface area (Å²) in [7, 11) is 0. The Morgan fingerprint density at radius 1 is 1.78 bits per heavy atom. The SMILES string of the molecule is Br.C=CC(=O)OCCC. The van der Waals surface area contributed by atoms with Crippen molar-refractivity contribution < 1.29 is 9.53 Å². The smallest absolute Gasteiger partial charge is 0.330 e. The van der Waals surface area contributed by atoms with Crippen LogP contribution in [-0.4, -0.2) is 12.6 Å². The predicted molar refractivity (Wildman–Crippen MR) is 41.8 cm³/mol. The van der Waals surface area contributed by atoms with Crippen LogP contribution in [0.5, 0.6) is 0 Å². The van der Waals surface area contributed by atoms with Gasteiger partial charge in [-0.05, 0) is 6.42 Å². The van der Waals surface area contributed by atoms with Gasteiger partial charge in [-0.1, -0.05) is 13.5 Å². The van der Waals surface area contributed by atoms with Crippen LogP contribution in [-0.2, 0) is 9.53 Å². The number of carbonyl (C=O) groups excluding carboxylic acids is 1. The van der Waals surface area contributed by atoms with Gasteiger partial charge in [-0.3, -0.25) is 0 Å². The van der Waals surface area contributed by atoms with E-state index < -0.39 is 0 Å². The lowest BCUT2D eigenvalue weighted by molar-refractivity contribution is -0.137. The lowest BCUT2D eigenvalue weighted by atomic mass is 10.5. The van der Waals surface area contributed by atoms with Crippen molar-refractivity contribution in [3.63, 3.8) is 0 Å². The molecule has 0 bridgehead atoms. The summed E-state index contributed by atoms with van der Waals surface area (Å²) in [5, 5.41) is 0. The highest BCUT2D eigenvalue weighted by Crippen LogP contribution is 1.81. The lowest BCUT2D eigenvalue weighted by Crippen LogP contribution is -1.99. The maximum absolute atomic E-state index is 10.2. The van der Waals surface area contributed by atoms with Crippen molar-refractivity contribution in [1.82, 2.24) is 0 Å². The van der Waals surface area contributed by atoms with E-state index in [2.05, 4.69) is 11.3 Å². The first-order valence-corrected chi connectivity index (χ1v) is 2.60. The lowest BCUT2D eigenvalue weighted by Gasteiger charge is -1.94. The van der Waals surface area contributed by atoms with Gasteiger partial charge in [0, 0.05) is 6.08 Å². The van der Waals surface area contributed by atoms with Crippen LogP contribution < -0.4 is 0 Å². The quantitative estimate of drug-likeness (QED) is 0.506. The Labute approximate surface area is 65.7 Å². The normalized spacial score (nSPS) is 7.22. The first kappa shape index (κ1) is 11.5. The number of esters is 1. The minimum Gasteiger partial charge on any atom is -0.463 e. The first-order chi connectivity index (χ1) is 3.81. The highest BCUT2D eigenvalue weighted by molar-refractivity contribution is 8.93. The van der Waals surface area contributed by atoms with Gasteiger partial charge in [0.1, 0.15) is 0 Å². The summed E-state index contributed by atoms with van der Waals surface area (Å²) in [6.45, 7) is 5.67. The van der Waals surface area contributed by atoms with E-state index in [1.54, 1.807) is 0 Å². The molecule has 0 aliphatic heterocycles. The average molecular weight is 195 g/mol. The molecule has 0 N–H and O–H groups in total. The van der Waals surface area contributed by atoms with Gasteiger partial charge in [-0.25, -0.2) is 4.79 Å². The van der Waals surface area contributed by atoms with E-state index in [9.17, 15) is 4.79 Å². The van der Waals surface area contributed by atoms with Crippen molar-refractivity contribution in [1.29, 1.82) is 0 Å². The van der Waals surface area contributed by atoms with Crippen LogP contribution in [0.4, 0.5) is 0 Å². The maximum Gasteiger partial charge on any atom is 0.330 e. The van der Waals surface area contributed by atoms with Crippen LogP contribution in [0.1, 0.15) is 13.3 Å². The second-order valence-corrected chi connectivity index (χ2v) is 1.37. The third-order valence-electron chi connectivity index (χ3n) is 0.615. The first-order valence-electron chi connectivity index (χ1n) is 2.60. The standard InChI is InChI=1S/C6H10O2.BrH/c1-3-5-8-6(7)4-2;/h4H,2-3,5H2,1H3;1H. The molecule has 2 nitrogen and oxygen atoms in total. The second-order valence-electron chi connectivity index (χ2n) is 1.37. The summed E-state index contributed by atoms with van der Waals surface area (Å²) in [5.74, 6) is -0.341. The zero-order valence-corrected chi connectivity index (χ0v) is 7.14. The molecule has 0 rings (SSSR count). The number of carbonyl (C=O) groups is 1. The topological polar surface area (TPSA) is 26.3 Å². The molecule has 0 aliphatic carbocycles. The fourth-order valence-electron chi connectivity index (χ4n) is 0.262. The van der Waals surface area contributed by atoms with Crippen LogP contribution in [0.3, 0.4) is 0 Å². The molecular formula is C6H11BrO2. The fraction of sp³-hybridized carbons (Fsp3) is 0.500. The molecule has 0 spiro atoms. The van der Waals surface area contributed by atoms with Crippen LogP contribution in [0.25, 0.3) is 0 Å². The Morgan fingerprint density at radius 3 is 2.67 bits per heavy atom. The number of rotatable bonds is 3. The third-order valence-corrected chi connectivity index (χ3v) is 0.615. The molecule has 0 saturated heterocycles. The molecule has 3 heteroatoms. The molecule has 0 aliphatic rings. The van der Waals surface area contributed by atoms with Crippen molar-refractivity contribution >= 4 is 23.0 Å². The number of hydrogen-bond donors (Lipinski definition) is 0. The van der Waals surface area contributed by atoms with Crippen molar-refractivity contribution in [2.45, 2.75) is 13.3 Å². The Bertz CT molecular complexity index is 91.1. The summed E-state index contributed by atoms with van der Waals surface area (Å²) in [6.07, 6.45) is 2.02. The van der Waals surface area contributed by atoms with Gasteiger partial charge in [0.2, 0.25) is 0 Å². The second kappa shape index (κ2) is 7.69. The van der Waals surface area contributed by atoms with Gasteiger partial charge in [-0.15, -0.1) is 17.0 Å². The van der Waals surface area contributed by atoms with E-state index in [1.165, 1.54) is 0 Å². The van der Waals surface area contributed by atoms with Crippen LogP contribution in [0.2, 0.25) is 0 Å². The molecule has 9 heavy (non-hydrogen) atoms. The number of ether oxygens (including phenoxy) is 1. The van der Waals surface area contributed by atoms with E-state index in [4.69, 9.17) is 0 Å². The molecule has 0 amide bonds. The van der Waals surface area contributed by atoms with Gasteiger partial charge in [0.05, 0.1) is 6.61 Å². The largest absolute Gasteiger partial charge is 0.463 e. The minimum atomic E-state index is -0.341. The molecule has 0 fully saturated rings. The van der Waals surface area contributed by atoms with Crippen LogP contribution in [0, 0.1) is 0 Å². The van der Waals surface area contributed by atoms with E-state index in [-0.39, 0.29) is 23.0 Å². The number of hydrogen-bond acceptors (Lipinski definition) is 2. The van der Waals surface area contributed by atoms with E-state index in [1.807, 2.05) is 6.92 Å². The van der Waals surface area contributed by atoms with Crippen molar-refractivity contribution in [3.8, 4) is 0 Å². The summed E-state index contributed by atoms with van der Waals surface area (Å²) in [6, 6.07) is 0. The van der Waals surface area contributed by atoms with Gasteiger partial charge in [-0.2, -0.15) is 0 Å². The van der Waals surface area contributed by atoms with E-state index in [0.717, 1.165) is 12.5 Å². The summed E-state index contributed by atoms with van der Waals surface area (Å²) in [4.78, 5) is 10.2. The molecule has 0 radical (unpaired) electrons. The highest BCUT2D eigenvalue weighted by atomic mass is 79.9. The molecule has 0 aromatic carbocycles. The molecule has 0 atom stereocenters. The Kier molecular flexibility index (Phi) is 9.81. The Morgan fingerprint density at radius 2 is 2.33 bits per heavy atom. The number of halogens is 1. The zero-order chi connectivity index (χ0) is 6.41. The summed E-state index contributed by atoms with van der Waals surface area (Å²) in [5.41, 5.74) is 0. The van der Waals surface area contributed by atoms with Crippen molar-refractivity contribution in [3.05, 3.63) is 12.7 Å². The molecule has 0 aromatic heterocycles. The third kappa shape index (κ3) is 7.69. The van der Waals surface area contributed by atoms with Gasteiger partial charge in [0.15, 0.2) is 0 Å². The van der Waals surface area contributed by atoms with Gasteiger partial charge >= 0.3 is 5.97 Å². The molecule has 54 valence electrons. The van der Waals surface area contributed by atoms with Gasteiger partial charge in [0.25, 0.3) is 0 Å². The zero-order valence-electron chi connectivity index (χ0n) is 5.42. The molecule has 0 aromatic rings. The predicted octanol–water partition coefficient (Wildman–Crippen LogP) is 1.70.